The number of oxazole rings is 1. The number of hydrogen-bond acceptors (Lipinski definition) is 6. The molecule has 0 saturated carbocycles. The molecule has 9 heteroatoms. The summed E-state index contributed by atoms with van der Waals surface area (Å²) in [5.41, 5.74) is 3.85. The zero-order valence-corrected chi connectivity index (χ0v) is 19.5. The van der Waals surface area contributed by atoms with Crippen LogP contribution in [0, 0.1) is 17.0 Å². The van der Waals surface area contributed by atoms with E-state index in [9.17, 15) is 8.78 Å². The van der Waals surface area contributed by atoms with Gasteiger partial charge in [-0.2, -0.15) is 0 Å². The van der Waals surface area contributed by atoms with E-state index >= 15 is 0 Å². The van der Waals surface area contributed by atoms with Crippen LogP contribution in [0.2, 0.25) is 0 Å². The Morgan fingerprint density at radius 2 is 1.80 bits per heavy atom. The van der Waals surface area contributed by atoms with Crippen LogP contribution < -0.4 is 4.90 Å². The number of halogens is 2. The van der Waals surface area contributed by atoms with E-state index in [1.54, 1.807) is 18.5 Å². The molecule has 1 N–H and O–H groups in total. The molecule has 0 unspecified atom stereocenters. The van der Waals surface area contributed by atoms with Crippen molar-refractivity contribution in [2.24, 2.45) is 0 Å². The first-order valence-electron chi connectivity index (χ1n) is 11.5. The van der Waals surface area contributed by atoms with Crippen molar-refractivity contribution in [3.63, 3.8) is 0 Å². The van der Waals surface area contributed by atoms with E-state index in [0.717, 1.165) is 91.5 Å². The Labute approximate surface area is 202 Å². The number of allylic oxidation sites excluding steroid dienone is 1. The van der Waals surface area contributed by atoms with Crippen molar-refractivity contribution in [2.45, 2.75) is 19.8 Å². The zero-order valence-electron chi connectivity index (χ0n) is 19.5. The van der Waals surface area contributed by atoms with Gasteiger partial charge in [-0.3, -0.25) is 0 Å². The van der Waals surface area contributed by atoms with Gasteiger partial charge in [-0.05, 0) is 48.9 Å². The van der Waals surface area contributed by atoms with Crippen LogP contribution in [0.1, 0.15) is 19.2 Å². The van der Waals surface area contributed by atoms with Crippen molar-refractivity contribution in [3.05, 3.63) is 72.4 Å². The molecule has 4 aromatic rings. The summed E-state index contributed by atoms with van der Waals surface area (Å²) < 4.78 is 37.0. The van der Waals surface area contributed by atoms with Crippen LogP contribution >= 0.6 is 0 Å². The highest BCUT2D eigenvalue weighted by atomic mass is 19.1. The van der Waals surface area contributed by atoms with Crippen molar-refractivity contribution in [2.75, 3.05) is 31.2 Å². The normalized spacial score (nSPS) is 13.7. The number of ether oxygens (including phenoxy) is 1. The SMILES string of the molecule is CCCc1nc2c(-c3ncco3)cc(N3CCOCC3)cc2n1/C=C/C=N.Fc1ccc(F)cc1. The number of imidazole rings is 1. The van der Waals surface area contributed by atoms with Gasteiger partial charge >= 0.3 is 0 Å². The van der Waals surface area contributed by atoms with Gasteiger partial charge in [0.2, 0.25) is 5.89 Å². The predicted molar refractivity (Wildman–Crippen MR) is 133 cm³/mol. The van der Waals surface area contributed by atoms with Gasteiger partial charge in [0, 0.05) is 37.6 Å². The molecule has 35 heavy (non-hydrogen) atoms. The molecule has 0 bridgehead atoms. The number of fused-ring (bicyclic) bond motifs is 1. The number of aromatic nitrogens is 3. The van der Waals surface area contributed by atoms with Crippen molar-refractivity contribution in [3.8, 4) is 11.5 Å². The van der Waals surface area contributed by atoms with Crippen LogP contribution in [0.3, 0.4) is 0 Å². The topological polar surface area (TPSA) is 80.2 Å². The molecule has 182 valence electrons. The van der Waals surface area contributed by atoms with Gasteiger partial charge < -0.3 is 24.0 Å². The summed E-state index contributed by atoms with van der Waals surface area (Å²) in [7, 11) is 0. The molecule has 0 amide bonds. The molecule has 2 aromatic carbocycles. The fourth-order valence-corrected chi connectivity index (χ4v) is 3.88. The summed E-state index contributed by atoms with van der Waals surface area (Å²) in [5.74, 6) is 0.717. The van der Waals surface area contributed by atoms with E-state index in [2.05, 4.69) is 33.5 Å². The van der Waals surface area contributed by atoms with Crippen LogP contribution in [0.25, 0.3) is 28.7 Å². The molecule has 3 heterocycles. The van der Waals surface area contributed by atoms with Gasteiger partial charge in [0.15, 0.2) is 0 Å². The first-order chi connectivity index (χ1) is 17.1. The van der Waals surface area contributed by atoms with Crippen LogP contribution in [0.5, 0.6) is 0 Å². The highest BCUT2D eigenvalue weighted by Gasteiger charge is 2.20. The standard InChI is InChI=1S/C20H23N5O2.C6H4F2/c1-2-4-18-23-19-16(20-22-6-10-27-20)13-15(24-8-11-26-12-9-24)14-17(19)25(18)7-3-5-21;7-5-1-2-6(8)4-3-5/h3,5-7,10,13-14,21H,2,4,8-9,11-12H2,1H3;1-4H/b7-3+,21-5?;. The minimum atomic E-state index is -0.411. The minimum Gasteiger partial charge on any atom is -0.444 e. The first-order valence-corrected chi connectivity index (χ1v) is 11.5. The number of nitrogens with one attached hydrogen (secondary N) is 1. The fourth-order valence-electron chi connectivity index (χ4n) is 3.88. The van der Waals surface area contributed by atoms with Crippen LogP contribution in [-0.4, -0.2) is 47.1 Å². The average molecular weight is 480 g/mol. The second kappa shape index (κ2) is 11.5. The molecule has 1 aliphatic heterocycles. The Hall–Kier alpha value is -3.85. The van der Waals surface area contributed by atoms with Gasteiger partial charge in [-0.25, -0.2) is 18.7 Å². The van der Waals surface area contributed by atoms with E-state index < -0.39 is 11.6 Å². The van der Waals surface area contributed by atoms with E-state index in [-0.39, 0.29) is 0 Å². The molecule has 0 radical (unpaired) electrons. The van der Waals surface area contributed by atoms with Gasteiger partial charge in [0.1, 0.15) is 29.2 Å². The number of morpholine rings is 1. The zero-order chi connectivity index (χ0) is 24.6. The number of anilines is 1. The van der Waals surface area contributed by atoms with E-state index in [0.29, 0.717) is 5.89 Å². The predicted octanol–water partition coefficient (Wildman–Crippen LogP) is 5.57. The number of hydrogen-bond donors (Lipinski definition) is 1. The highest BCUT2D eigenvalue weighted by Crippen LogP contribution is 2.34. The Balaban J connectivity index is 0.000000308. The molecule has 0 atom stereocenters. The Kier molecular flexibility index (Phi) is 7.99. The van der Waals surface area contributed by atoms with Gasteiger partial charge in [0.05, 0.1) is 30.5 Å². The second-order valence-corrected chi connectivity index (χ2v) is 7.89. The Morgan fingerprint density at radius 3 is 2.40 bits per heavy atom. The second-order valence-electron chi connectivity index (χ2n) is 7.89. The first kappa shape index (κ1) is 24.3. The quantitative estimate of drug-likeness (QED) is 0.366. The van der Waals surface area contributed by atoms with E-state index in [1.807, 2.05) is 6.20 Å². The summed E-state index contributed by atoms with van der Waals surface area (Å²) in [6.45, 7) is 5.28. The number of aryl methyl sites for hydroxylation is 1. The molecule has 0 aliphatic carbocycles. The molecular formula is C26H27F2N5O2. The molecular weight excluding hydrogens is 452 g/mol. The molecule has 7 nitrogen and oxygen atoms in total. The highest BCUT2D eigenvalue weighted by molar-refractivity contribution is 5.95. The summed E-state index contributed by atoms with van der Waals surface area (Å²) in [6, 6.07) is 8.58. The maximum absolute atomic E-state index is 11.9. The summed E-state index contributed by atoms with van der Waals surface area (Å²) >= 11 is 0. The molecule has 5 rings (SSSR count). The third kappa shape index (κ3) is 5.81. The maximum atomic E-state index is 11.9. The Morgan fingerprint density at radius 1 is 1.09 bits per heavy atom. The number of benzene rings is 2. The molecule has 1 saturated heterocycles. The summed E-state index contributed by atoms with van der Waals surface area (Å²) in [5, 5.41) is 7.35. The Bertz CT molecular complexity index is 1260. The van der Waals surface area contributed by atoms with Gasteiger partial charge in [0.25, 0.3) is 0 Å². The molecule has 2 aromatic heterocycles. The van der Waals surface area contributed by atoms with Crippen molar-refractivity contribution < 1.29 is 17.9 Å². The lowest BCUT2D eigenvalue weighted by Gasteiger charge is -2.29. The summed E-state index contributed by atoms with van der Waals surface area (Å²) in [6.07, 6.45) is 9.98. The van der Waals surface area contributed by atoms with Crippen LogP contribution in [-0.2, 0) is 11.2 Å². The average Bonchev–Trinajstić information content (AvgIpc) is 3.53. The third-order valence-electron chi connectivity index (χ3n) is 5.50. The smallest absolute Gasteiger partial charge is 0.228 e. The fraction of sp³-hybridized carbons (Fsp3) is 0.269. The number of rotatable bonds is 6. The van der Waals surface area contributed by atoms with Gasteiger partial charge in [-0.1, -0.05) is 6.92 Å². The van der Waals surface area contributed by atoms with Gasteiger partial charge in [-0.15, -0.1) is 0 Å². The lowest BCUT2D eigenvalue weighted by molar-refractivity contribution is 0.122. The molecule has 0 spiro atoms. The molecule has 1 aliphatic rings. The largest absolute Gasteiger partial charge is 0.444 e. The van der Waals surface area contributed by atoms with Crippen LogP contribution in [0.15, 0.2) is 59.4 Å². The minimum absolute atomic E-state index is 0.411. The van der Waals surface area contributed by atoms with E-state index in [1.165, 1.54) is 6.21 Å². The molecule has 1 fully saturated rings. The lowest BCUT2D eigenvalue weighted by atomic mass is 10.1. The van der Waals surface area contributed by atoms with Crippen molar-refractivity contribution in [1.82, 2.24) is 14.5 Å². The van der Waals surface area contributed by atoms with Crippen LogP contribution in [0.4, 0.5) is 14.5 Å². The monoisotopic (exact) mass is 479 g/mol. The maximum Gasteiger partial charge on any atom is 0.228 e. The van der Waals surface area contributed by atoms with Crippen molar-refractivity contribution in [1.29, 1.82) is 5.41 Å². The van der Waals surface area contributed by atoms with Crippen molar-refractivity contribution >= 4 is 29.1 Å². The van der Waals surface area contributed by atoms with E-state index in [4.69, 9.17) is 19.5 Å². The summed E-state index contributed by atoms with van der Waals surface area (Å²) in [4.78, 5) is 11.6. The third-order valence-corrected chi connectivity index (χ3v) is 5.50. The lowest BCUT2D eigenvalue weighted by Crippen LogP contribution is -2.36. The number of nitrogens with zero attached hydrogens (tertiary/aromatic N) is 4.